The molecule has 2 aromatic carbocycles. The van der Waals surface area contributed by atoms with Crippen LogP contribution in [-0.4, -0.2) is 27.3 Å². The number of ether oxygens (including phenoxy) is 2. The van der Waals surface area contributed by atoms with Gasteiger partial charge in [0.25, 0.3) is 5.91 Å². The monoisotopic (exact) mass is 387 g/mol. The third kappa shape index (κ3) is 3.43. The summed E-state index contributed by atoms with van der Waals surface area (Å²) in [4.78, 5) is 17.2. The Hall–Kier alpha value is -4.07. The molecule has 2 N–H and O–H groups in total. The lowest BCUT2D eigenvalue weighted by atomic mass is 10.2. The lowest BCUT2D eigenvalue weighted by Crippen LogP contribution is -2.12. The van der Waals surface area contributed by atoms with Crippen LogP contribution in [0, 0.1) is 0 Å². The van der Waals surface area contributed by atoms with Crippen molar-refractivity contribution in [1.29, 1.82) is 0 Å². The number of carbonyl (C=O) groups excluding carboxylic acids is 1. The highest BCUT2D eigenvalue weighted by Crippen LogP contribution is 2.32. The predicted octanol–water partition coefficient (Wildman–Crippen LogP) is 3.32. The van der Waals surface area contributed by atoms with Gasteiger partial charge in [-0.3, -0.25) is 4.79 Å². The number of anilines is 2. The van der Waals surface area contributed by atoms with Gasteiger partial charge in [0.2, 0.25) is 6.79 Å². The molecule has 0 atom stereocenters. The largest absolute Gasteiger partial charge is 0.454 e. The van der Waals surface area contributed by atoms with Crippen molar-refractivity contribution < 1.29 is 14.3 Å². The maximum atomic E-state index is 12.6. The molecule has 144 valence electrons. The zero-order chi connectivity index (χ0) is 19.6. The number of hydrogen-bond donors (Lipinski definition) is 2. The zero-order valence-electron chi connectivity index (χ0n) is 15.3. The fourth-order valence-corrected chi connectivity index (χ4v) is 3.09. The summed E-state index contributed by atoms with van der Waals surface area (Å²) in [6.07, 6.45) is 3.28. The van der Waals surface area contributed by atoms with Gasteiger partial charge in [0.1, 0.15) is 11.4 Å². The molecule has 0 aliphatic carbocycles. The highest BCUT2D eigenvalue weighted by molar-refractivity contribution is 6.08. The second-order valence-corrected chi connectivity index (χ2v) is 6.50. The molecular weight excluding hydrogens is 370 g/mol. The van der Waals surface area contributed by atoms with E-state index in [4.69, 9.17) is 9.47 Å². The van der Waals surface area contributed by atoms with Gasteiger partial charge < -0.3 is 20.1 Å². The summed E-state index contributed by atoms with van der Waals surface area (Å²) in [5.74, 6) is 1.88. The number of aromatic nitrogens is 3. The van der Waals surface area contributed by atoms with Crippen LogP contribution in [0.1, 0.15) is 15.9 Å². The van der Waals surface area contributed by atoms with Crippen LogP contribution in [-0.2, 0) is 6.54 Å². The number of nitrogens with zero attached hydrogens (tertiary/aromatic N) is 3. The van der Waals surface area contributed by atoms with Gasteiger partial charge in [0.05, 0.1) is 6.20 Å². The molecule has 0 saturated carbocycles. The van der Waals surface area contributed by atoms with E-state index >= 15 is 0 Å². The molecule has 5 rings (SSSR count). The third-order valence-electron chi connectivity index (χ3n) is 4.56. The van der Waals surface area contributed by atoms with Crippen LogP contribution >= 0.6 is 0 Å². The average Bonchev–Trinajstić information content (AvgIpc) is 3.39. The highest BCUT2D eigenvalue weighted by atomic mass is 16.7. The number of hydrogen-bond acceptors (Lipinski definition) is 6. The molecule has 29 heavy (non-hydrogen) atoms. The van der Waals surface area contributed by atoms with E-state index < -0.39 is 0 Å². The lowest BCUT2D eigenvalue weighted by Gasteiger charge is -2.08. The predicted molar refractivity (Wildman–Crippen MR) is 107 cm³/mol. The molecule has 4 aromatic rings. The quantitative estimate of drug-likeness (QED) is 0.546. The second-order valence-electron chi connectivity index (χ2n) is 6.50. The van der Waals surface area contributed by atoms with E-state index in [2.05, 4.69) is 20.7 Å². The Labute approximate surface area is 166 Å². The summed E-state index contributed by atoms with van der Waals surface area (Å²) < 4.78 is 12.3. The Morgan fingerprint density at radius 3 is 2.83 bits per heavy atom. The molecule has 1 amide bonds. The van der Waals surface area contributed by atoms with Gasteiger partial charge in [0, 0.05) is 18.4 Å². The minimum Gasteiger partial charge on any atom is -0.454 e. The number of rotatable bonds is 5. The number of amides is 1. The molecule has 0 spiro atoms. The minimum absolute atomic E-state index is 0.249. The van der Waals surface area contributed by atoms with Crippen LogP contribution < -0.4 is 20.1 Å². The van der Waals surface area contributed by atoms with Crippen molar-refractivity contribution in [2.75, 3.05) is 17.4 Å². The van der Waals surface area contributed by atoms with Gasteiger partial charge in [0.15, 0.2) is 17.1 Å². The Morgan fingerprint density at radius 2 is 1.93 bits per heavy atom. The van der Waals surface area contributed by atoms with Gasteiger partial charge in [-0.1, -0.05) is 24.3 Å². The van der Waals surface area contributed by atoms with Crippen molar-refractivity contribution in [2.24, 2.45) is 0 Å². The molecule has 2 aromatic heterocycles. The Balaban J connectivity index is 1.34. The third-order valence-corrected chi connectivity index (χ3v) is 4.56. The molecule has 0 saturated heterocycles. The van der Waals surface area contributed by atoms with Crippen LogP contribution in [0.2, 0.25) is 0 Å². The van der Waals surface area contributed by atoms with Gasteiger partial charge in [-0.2, -0.15) is 5.10 Å². The normalized spacial score (nSPS) is 12.1. The summed E-state index contributed by atoms with van der Waals surface area (Å²) in [6, 6.07) is 16.9. The number of carbonyl (C=O) groups is 1. The van der Waals surface area contributed by atoms with E-state index in [0.717, 1.165) is 17.1 Å². The molecule has 0 unspecified atom stereocenters. The van der Waals surface area contributed by atoms with Gasteiger partial charge >= 0.3 is 0 Å². The number of para-hydroxylation sites is 1. The number of benzene rings is 2. The van der Waals surface area contributed by atoms with E-state index in [-0.39, 0.29) is 12.7 Å². The summed E-state index contributed by atoms with van der Waals surface area (Å²) in [5.41, 5.74) is 2.63. The van der Waals surface area contributed by atoms with Crippen molar-refractivity contribution in [1.82, 2.24) is 14.6 Å². The fourth-order valence-electron chi connectivity index (χ4n) is 3.09. The van der Waals surface area contributed by atoms with E-state index in [1.165, 1.54) is 6.20 Å². The van der Waals surface area contributed by atoms with Gasteiger partial charge in [-0.25, -0.2) is 9.50 Å². The summed E-state index contributed by atoms with van der Waals surface area (Å²) in [7, 11) is 0. The fraction of sp³-hybridized carbons (Fsp3) is 0.0952. The van der Waals surface area contributed by atoms with Crippen molar-refractivity contribution in [3.63, 3.8) is 0 Å². The number of fused-ring (bicyclic) bond motifs is 2. The Kier molecular flexibility index (Phi) is 4.21. The van der Waals surface area contributed by atoms with Crippen LogP contribution in [0.3, 0.4) is 0 Å². The first-order valence-electron chi connectivity index (χ1n) is 9.09. The molecule has 3 heterocycles. The van der Waals surface area contributed by atoms with Crippen molar-refractivity contribution in [3.05, 3.63) is 78.1 Å². The van der Waals surface area contributed by atoms with Crippen LogP contribution in [0.25, 0.3) is 5.65 Å². The Bertz CT molecular complexity index is 1190. The molecule has 0 bridgehead atoms. The summed E-state index contributed by atoms with van der Waals surface area (Å²) >= 11 is 0. The average molecular weight is 387 g/mol. The number of nitrogens with one attached hydrogen (secondary N) is 2. The summed E-state index contributed by atoms with van der Waals surface area (Å²) in [6.45, 7) is 0.805. The topological polar surface area (TPSA) is 89.8 Å². The molecule has 1 aliphatic heterocycles. The summed E-state index contributed by atoms with van der Waals surface area (Å²) in [5, 5.41) is 10.3. The van der Waals surface area contributed by atoms with Crippen molar-refractivity contribution >= 4 is 23.1 Å². The molecular formula is C21H17N5O3. The van der Waals surface area contributed by atoms with E-state index in [0.29, 0.717) is 29.3 Å². The maximum Gasteiger partial charge on any atom is 0.261 e. The van der Waals surface area contributed by atoms with Crippen molar-refractivity contribution in [3.8, 4) is 11.5 Å². The van der Waals surface area contributed by atoms with Crippen LogP contribution in [0.5, 0.6) is 11.5 Å². The van der Waals surface area contributed by atoms with Gasteiger partial charge in [-0.05, 0) is 35.9 Å². The first-order chi connectivity index (χ1) is 14.3. The van der Waals surface area contributed by atoms with Gasteiger partial charge in [-0.15, -0.1) is 0 Å². The van der Waals surface area contributed by atoms with Crippen molar-refractivity contribution in [2.45, 2.75) is 6.54 Å². The first kappa shape index (κ1) is 17.1. The molecule has 0 fully saturated rings. The second kappa shape index (κ2) is 7.16. The first-order valence-corrected chi connectivity index (χ1v) is 9.09. The van der Waals surface area contributed by atoms with E-state index in [9.17, 15) is 4.79 Å². The smallest absolute Gasteiger partial charge is 0.261 e. The van der Waals surface area contributed by atoms with Crippen LogP contribution in [0.4, 0.5) is 11.5 Å². The molecule has 8 heteroatoms. The highest BCUT2D eigenvalue weighted by Gasteiger charge is 2.16. The SMILES string of the molecule is O=C(Nc1ccccc1)c1cnn2ccc(NCc3ccc4c(c3)OCO4)nc12. The Morgan fingerprint density at radius 1 is 1.07 bits per heavy atom. The van der Waals surface area contributed by atoms with E-state index in [1.54, 1.807) is 10.7 Å². The van der Waals surface area contributed by atoms with Crippen LogP contribution in [0.15, 0.2) is 67.0 Å². The zero-order valence-corrected chi connectivity index (χ0v) is 15.3. The minimum atomic E-state index is -0.258. The molecule has 1 aliphatic rings. The standard InChI is InChI=1S/C21H17N5O3/c27-21(24-15-4-2-1-3-5-15)16-12-23-26-9-8-19(25-20(16)26)22-11-14-6-7-17-18(10-14)29-13-28-17/h1-10,12H,11,13H2,(H,22,25)(H,24,27). The van der Waals surface area contributed by atoms with E-state index in [1.807, 2.05) is 54.6 Å². The lowest BCUT2D eigenvalue weighted by molar-refractivity contribution is 0.102. The molecule has 8 nitrogen and oxygen atoms in total. The molecule has 0 radical (unpaired) electrons. The maximum absolute atomic E-state index is 12.6.